The third-order valence-electron chi connectivity index (χ3n) is 3.30. The molecule has 2 N–H and O–H groups in total. The van der Waals surface area contributed by atoms with Crippen LogP contribution in [-0.2, 0) is 11.3 Å². The number of aryl methyl sites for hydroxylation is 2. The highest BCUT2D eigenvalue weighted by Crippen LogP contribution is 2.24. The first-order valence-electron chi connectivity index (χ1n) is 7.78. The number of hydrogen-bond donors (Lipinski definition) is 2. The molecular formula is C17H28N2O2. The topological polar surface area (TPSA) is 50.4 Å². The zero-order valence-electron chi connectivity index (χ0n) is 13.7. The summed E-state index contributed by atoms with van der Waals surface area (Å²) >= 11 is 0. The molecule has 0 bridgehead atoms. The molecule has 0 aliphatic rings. The van der Waals surface area contributed by atoms with E-state index in [1.807, 2.05) is 13.8 Å². The SMILES string of the molecule is CCCCNC(=O)COc1c(C)cc(CNCC)cc1C. The predicted octanol–water partition coefficient (Wildman–Crippen LogP) is 2.71. The van der Waals surface area contributed by atoms with E-state index in [0.29, 0.717) is 0 Å². The van der Waals surface area contributed by atoms with E-state index in [4.69, 9.17) is 4.74 Å². The quantitative estimate of drug-likeness (QED) is 0.688. The van der Waals surface area contributed by atoms with Crippen LogP contribution < -0.4 is 15.4 Å². The molecule has 0 unspecified atom stereocenters. The fourth-order valence-corrected chi connectivity index (χ4v) is 2.23. The molecule has 1 rings (SSSR count). The molecule has 0 aliphatic heterocycles. The van der Waals surface area contributed by atoms with Crippen LogP contribution in [0.2, 0.25) is 0 Å². The average molecular weight is 292 g/mol. The van der Waals surface area contributed by atoms with Crippen molar-refractivity contribution >= 4 is 5.91 Å². The van der Waals surface area contributed by atoms with Crippen LogP contribution in [0, 0.1) is 13.8 Å². The van der Waals surface area contributed by atoms with Gasteiger partial charge in [0.15, 0.2) is 6.61 Å². The first-order valence-corrected chi connectivity index (χ1v) is 7.78. The van der Waals surface area contributed by atoms with E-state index in [1.54, 1.807) is 0 Å². The van der Waals surface area contributed by atoms with Crippen LogP contribution in [-0.4, -0.2) is 25.6 Å². The molecule has 4 heteroatoms. The van der Waals surface area contributed by atoms with E-state index in [-0.39, 0.29) is 12.5 Å². The summed E-state index contributed by atoms with van der Waals surface area (Å²) in [4.78, 5) is 11.7. The van der Waals surface area contributed by atoms with Crippen molar-refractivity contribution in [2.24, 2.45) is 0 Å². The zero-order valence-corrected chi connectivity index (χ0v) is 13.7. The molecule has 118 valence electrons. The third-order valence-corrected chi connectivity index (χ3v) is 3.30. The van der Waals surface area contributed by atoms with Gasteiger partial charge in [-0.2, -0.15) is 0 Å². The number of carbonyl (C=O) groups is 1. The minimum Gasteiger partial charge on any atom is -0.483 e. The Morgan fingerprint density at radius 2 is 1.86 bits per heavy atom. The smallest absolute Gasteiger partial charge is 0.257 e. The van der Waals surface area contributed by atoms with Crippen molar-refractivity contribution in [3.8, 4) is 5.75 Å². The van der Waals surface area contributed by atoms with Crippen molar-refractivity contribution in [3.63, 3.8) is 0 Å². The van der Waals surface area contributed by atoms with E-state index in [2.05, 4.69) is 36.6 Å². The van der Waals surface area contributed by atoms with Gasteiger partial charge in [0.2, 0.25) is 0 Å². The molecule has 0 radical (unpaired) electrons. The summed E-state index contributed by atoms with van der Waals surface area (Å²) in [5.41, 5.74) is 3.39. The van der Waals surface area contributed by atoms with Gasteiger partial charge in [0.25, 0.3) is 5.91 Å². The van der Waals surface area contributed by atoms with Gasteiger partial charge in [0, 0.05) is 13.1 Å². The molecule has 1 aromatic rings. The predicted molar refractivity (Wildman–Crippen MR) is 86.7 cm³/mol. The molecule has 4 nitrogen and oxygen atoms in total. The second kappa shape index (κ2) is 9.40. The summed E-state index contributed by atoms with van der Waals surface area (Å²) in [5.74, 6) is 0.764. The molecule has 0 saturated carbocycles. The van der Waals surface area contributed by atoms with Gasteiger partial charge >= 0.3 is 0 Å². The van der Waals surface area contributed by atoms with Gasteiger partial charge in [-0.15, -0.1) is 0 Å². The lowest BCUT2D eigenvalue weighted by molar-refractivity contribution is -0.123. The molecule has 0 spiro atoms. The molecular weight excluding hydrogens is 264 g/mol. The highest BCUT2D eigenvalue weighted by Gasteiger charge is 2.09. The second-order valence-electron chi connectivity index (χ2n) is 5.33. The lowest BCUT2D eigenvalue weighted by Crippen LogP contribution is -2.29. The normalized spacial score (nSPS) is 10.5. The lowest BCUT2D eigenvalue weighted by Gasteiger charge is -2.14. The Morgan fingerprint density at radius 3 is 2.43 bits per heavy atom. The number of carbonyl (C=O) groups excluding carboxylic acids is 1. The van der Waals surface area contributed by atoms with Crippen molar-refractivity contribution in [1.29, 1.82) is 0 Å². The third kappa shape index (κ3) is 6.17. The van der Waals surface area contributed by atoms with Gasteiger partial charge in [-0.3, -0.25) is 4.79 Å². The van der Waals surface area contributed by atoms with Crippen LogP contribution in [0.1, 0.15) is 43.4 Å². The molecule has 0 saturated heterocycles. The Morgan fingerprint density at radius 1 is 1.19 bits per heavy atom. The highest BCUT2D eigenvalue weighted by atomic mass is 16.5. The van der Waals surface area contributed by atoms with Crippen molar-refractivity contribution in [3.05, 3.63) is 28.8 Å². The van der Waals surface area contributed by atoms with Crippen LogP contribution in [0.5, 0.6) is 5.75 Å². The number of benzene rings is 1. The first-order chi connectivity index (χ1) is 10.1. The Hall–Kier alpha value is -1.55. The summed E-state index contributed by atoms with van der Waals surface area (Å²) in [7, 11) is 0. The maximum absolute atomic E-state index is 11.7. The van der Waals surface area contributed by atoms with Crippen molar-refractivity contribution in [1.82, 2.24) is 10.6 Å². The Kier molecular flexibility index (Phi) is 7.83. The molecule has 1 aromatic carbocycles. The monoisotopic (exact) mass is 292 g/mol. The van der Waals surface area contributed by atoms with Crippen LogP contribution in [0.25, 0.3) is 0 Å². The minimum absolute atomic E-state index is 0.0565. The molecule has 0 aliphatic carbocycles. The maximum Gasteiger partial charge on any atom is 0.257 e. The number of rotatable bonds is 9. The van der Waals surface area contributed by atoms with Crippen LogP contribution in [0.15, 0.2) is 12.1 Å². The van der Waals surface area contributed by atoms with Gasteiger partial charge in [0.1, 0.15) is 5.75 Å². The van der Waals surface area contributed by atoms with E-state index in [1.165, 1.54) is 5.56 Å². The van der Waals surface area contributed by atoms with Crippen molar-refractivity contribution < 1.29 is 9.53 Å². The maximum atomic E-state index is 11.7. The summed E-state index contributed by atoms with van der Waals surface area (Å²) in [6.45, 7) is 10.8. The number of ether oxygens (including phenoxy) is 1. The average Bonchev–Trinajstić information content (AvgIpc) is 2.44. The zero-order chi connectivity index (χ0) is 15.7. The first kappa shape index (κ1) is 17.5. The second-order valence-corrected chi connectivity index (χ2v) is 5.33. The Bertz CT molecular complexity index is 435. The Labute approximate surface area is 128 Å². The summed E-state index contributed by atoms with van der Waals surface area (Å²) < 4.78 is 5.69. The highest BCUT2D eigenvalue weighted by molar-refractivity contribution is 5.77. The summed E-state index contributed by atoms with van der Waals surface area (Å²) in [6, 6.07) is 4.22. The van der Waals surface area contributed by atoms with Gasteiger partial charge in [-0.05, 0) is 43.5 Å². The van der Waals surface area contributed by atoms with Gasteiger partial charge in [-0.25, -0.2) is 0 Å². The number of amides is 1. The molecule has 0 fully saturated rings. The Balaban J connectivity index is 2.57. The van der Waals surface area contributed by atoms with Crippen molar-refractivity contribution in [2.75, 3.05) is 19.7 Å². The molecule has 0 aromatic heterocycles. The standard InChI is InChI=1S/C17H28N2O2/c1-5-7-8-19-16(20)12-21-17-13(3)9-15(10-14(17)4)11-18-6-2/h9-10,18H,5-8,11-12H2,1-4H3,(H,19,20). The molecule has 1 amide bonds. The minimum atomic E-state index is -0.0565. The van der Waals surface area contributed by atoms with Crippen LogP contribution in [0.3, 0.4) is 0 Å². The lowest BCUT2D eigenvalue weighted by atomic mass is 10.1. The molecule has 0 heterocycles. The number of nitrogens with one attached hydrogen (secondary N) is 2. The van der Waals surface area contributed by atoms with Gasteiger partial charge in [-0.1, -0.05) is 32.4 Å². The van der Waals surface area contributed by atoms with Gasteiger partial charge < -0.3 is 15.4 Å². The summed E-state index contributed by atoms with van der Waals surface area (Å²) in [5, 5.41) is 6.17. The van der Waals surface area contributed by atoms with E-state index in [0.717, 1.165) is 49.4 Å². The fraction of sp³-hybridized carbons (Fsp3) is 0.588. The van der Waals surface area contributed by atoms with E-state index >= 15 is 0 Å². The van der Waals surface area contributed by atoms with Crippen LogP contribution in [0.4, 0.5) is 0 Å². The number of unbranched alkanes of at least 4 members (excludes halogenated alkanes) is 1. The largest absolute Gasteiger partial charge is 0.483 e. The fourth-order valence-electron chi connectivity index (χ4n) is 2.23. The molecule has 0 atom stereocenters. The number of hydrogen-bond acceptors (Lipinski definition) is 3. The van der Waals surface area contributed by atoms with Crippen LogP contribution >= 0.6 is 0 Å². The van der Waals surface area contributed by atoms with Gasteiger partial charge in [0.05, 0.1) is 0 Å². The van der Waals surface area contributed by atoms with E-state index in [9.17, 15) is 4.79 Å². The van der Waals surface area contributed by atoms with E-state index < -0.39 is 0 Å². The molecule has 21 heavy (non-hydrogen) atoms. The summed E-state index contributed by atoms with van der Waals surface area (Å²) in [6.07, 6.45) is 2.08. The van der Waals surface area contributed by atoms with Crippen molar-refractivity contribution in [2.45, 2.75) is 47.1 Å².